The molecule has 1 heterocycles. The van der Waals surface area contributed by atoms with Gasteiger partial charge in [0, 0.05) is 6.42 Å². The molecule has 1 saturated heterocycles. The Morgan fingerprint density at radius 2 is 1.17 bits per heavy atom. The molecule has 2 unspecified atom stereocenters. The number of carbonyl (C=O) groups excluding carboxylic acids is 1. The second-order valence-electron chi connectivity index (χ2n) is 8.60. The van der Waals surface area contributed by atoms with E-state index < -0.39 is 5.60 Å². The Labute approximate surface area is 206 Å². The van der Waals surface area contributed by atoms with Gasteiger partial charge in [-0.05, 0) is 28.8 Å². The Balaban J connectivity index is 1.46. The van der Waals surface area contributed by atoms with Crippen LogP contribution in [0, 0.1) is 0 Å². The molecule has 0 aromatic heterocycles. The highest BCUT2D eigenvalue weighted by molar-refractivity contribution is 5.89. The average Bonchev–Trinajstić information content (AvgIpc) is 3.38. The van der Waals surface area contributed by atoms with E-state index in [9.17, 15) is 4.79 Å². The SMILES string of the molecule is O=C(OC1CCOC1COC(c1ccccc1)(c1ccccc1)c1ccccc1)c1ccccc1. The van der Waals surface area contributed by atoms with E-state index in [0.717, 1.165) is 16.7 Å². The van der Waals surface area contributed by atoms with E-state index in [4.69, 9.17) is 14.2 Å². The van der Waals surface area contributed by atoms with Gasteiger partial charge in [0.05, 0.1) is 18.8 Å². The van der Waals surface area contributed by atoms with Crippen molar-refractivity contribution in [2.45, 2.75) is 24.2 Å². The van der Waals surface area contributed by atoms with Crippen LogP contribution in [0.15, 0.2) is 121 Å². The molecule has 176 valence electrons. The Hall–Kier alpha value is -3.73. The van der Waals surface area contributed by atoms with Crippen LogP contribution in [0.3, 0.4) is 0 Å². The molecule has 1 fully saturated rings. The molecule has 4 aromatic carbocycles. The van der Waals surface area contributed by atoms with Gasteiger partial charge in [-0.2, -0.15) is 0 Å². The van der Waals surface area contributed by atoms with E-state index in [1.165, 1.54) is 0 Å². The quantitative estimate of drug-likeness (QED) is 0.237. The molecular formula is C31H28O4. The fraction of sp³-hybridized carbons (Fsp3) is 0.194. The Bertz CT molecular complexity index is 1110. The first-order valence-corrected chi connectivity index (χ1v) is 12.0. The van der Waals surface area contributed by atoms with Crippen molar-refractivity contribution in [2.75, 3.05) is 13.2 Å². The van der Waals surface area contributed by atoms with Crippen molar-refractivity contribution in [1.29, 1.82) is 0 Å². The number of benzene rings is 4. The molecule has 0 aliphatic carbocycles. The summed E-state index contributed by atoms with van der Waals surface area (Å²) >= 11 is 0. The minimum Gasteiger partial charge on any atom is -0.456 e. The molecule has 0 bridgehead atoms. The van der Waals surface area contributed by atoms with Crippen LogP contribution in [0.5, 0.6) is 0 Å². The van der Waals surface area contributed by atoms with E-state index in [0.29, 0.717) is 18.6 Å². The third kappa shape index (κ3) is 4.90. The molecule has 0 amide bonds. The van der Waals surface area contributed by atoms with Gasteiger partial charge >= 0.3 is 5.97 Å². The summed E-state index contributed by atoms with van der Waals surface area (Å²) in [5.41, 5.74) is 2.75. The zero-order valence-electron chi connectivity index (χ0n) is 19.5. The van der Waals surface area contributed by atoms with Gasteiger partial charge in [-0.3, -0.25) is 0 Å². The summed E-state index contributed by atoms with van der Waals surface area (Å²) in [5, 5.41) is 0. The second kappa shape index (κ2) is 10.7. The predicted molar refractivity (Wildman–Crippen MR) is 135 cm³/mol. The van der Waals surface area contributed by atoms with Crippen LogP contribution in [0.4, 0.5) is 0 Å². The first-order valence-electron chi connectivity index (χ1n) is 12.0. The Kier molecular flexibility index (Phi) is 7.03. The number of esters is 1. The molecule has 1 aliphatic rings. The minimum atomic E-state index is -0.844. The molecule has 4 heteroatoms. The number of carbonyl (C=O) groups is 1. The highest BCUT2D eigenvalue weighted by Gasteiger charge is 2.40. The minimum absolute atomic E-state index is 0.269. The predicted octanol–water partition coefficient (Wildman–Crippen LogP) is 6.01. The monoisotopic (exact) mass is 464 g/mol. The van der Waals surface area contributed by atoms with Gasteiger partial charge in [0.1, 0.15) is 17.8 Å². The Morgan fingerprint density at radius 1 is 0.714 bits per heavy atom. The van der Waals surface area contributed by atoms with Gasteiger partial charge in [0.25, 0.3) is 0 Å². The van der Waals surface area contributed by atoms with Crippen LogP contribution in [0.1, 0.15) is 33.5 Å². The molecule has 0 N–H and O–H groups in total. The maximum Gasteiger partial charge on any atom is 0.338 e. The van der Waals surface area contributed by atoms with Crippen molar-refractivity contribution in [2.24, 2.45) is 0 Å². The number of ether oxygens (including phenoxy) is 3. The maximum absolute atomic E-state index is 12.7. The second-order valence-corrected chi connectivity index (χ2v) is 8.60. The van der Waals surface area contributed by atoms with Crippen LogP contribution in [-0.2, 0) is 19.8 Å². The largest absolute Gasteiger partial charge is 0.456 e. The van der Waals surface area contributed by atoms with Crippen LogP contribution in [-0.4, -0.2) is 31.4 Å². The van der Waals surface area contributed by atoms with Crippen molar-refractivity contribution < 1.29 is 19.0 Å². The molecule has 35 heavy (non-hydrogen) atoms. The number of hydrogen-bond acceptors (Lipinski definition) is 4. The molecule has 5 rings (SSSR count). The number of rotatable bonds is 8. The van der Waals surface area contributed by atoms with Crippen molar-refractivity contribution in [3.8, 4) is 0 Å². The van der Waals surface area contributed by atoms with Gasteiger partial charge in [0.2, 0.25) is 0 Å². The normalized spacial score (nSPS) is 17.7. The van der Waals surface area contributed by atoms with Gasteiger partial charge in [0.15, 0.2) is 0 Å². The van der Waals surface area contributed by atoms with Crippen molar-refractivity contribution >= 4 is 5.97 Å². The zero-order chi connectivity index (χ0) is 23.9. The summed E-state index contributed by atoms with van der Waals surface area (Å²) < 4.78 is 18.7. The van der Waals surface area contributed by atoms with Crippen molar-refractivity contribution in [3.05, 3.63) is 144 Å². The summed E-state index contributed by atoms with van der Waals surface area (Å²) in [6.45, 7) is 0.793. The summed E-state index contributed by atoms with van der Waals surface area (Å²) in [6.07, 6.45) is -0.0948. The van der Waals surface area contributed by atoms with Gasteiger partial charge in [-0.1, -0.05) is 109 Å². The lowest BCUT2D eigenvalue weighted by Gasteiger charge is -2.37. The van der Waals surface area contributed by atoms with E-state index >= 15 is 0 Å². The van der Waals surface area contributed by atoms with Gasteiger partial charge < -0.3 is 14.2 Å². The van der Waals surface area contributed by atoms with Crippen molar-refractivity contribution in [3.63, 3.8) is 0 Å². The van der Waals surface area contributed by atoms with E-state index in [1.54, 1.807) is 12.1 Å². The van der Waals surface area contributed by atoms with Gasteiger partial charge in [-0.25, -0.2) is 4.79 Å². The molecule has 1 aliphatic heterocycles. The summed E-state index contributed by atoms with van der Waals surface area (Å²) in [4.78, 5) is 12.7. The van der Waals surface area contributed by atoms with E-state index in [-0.39, 0.29) is 24.8 Å². The van der Waals surface area contributed by atoms with Crippen LogP contribution >= 0.6 is 0 Å². The number of hydrogen-bond donors (Lipinski definition) is 0. The smallest absolute Gasteiger partial charge is 0.338 e. The molecule has 2 atom stereocenters. The molecule has 0 radical (unpaired) electrons. The summed E-state index contributed by atoms with van der Waals surface area (Å²) in [5.74, 6) is -0.341. The molecule has 0 saturated carbocycles. The van der Waals surface area contributed by atoms with Crippen LogP contribution in [0.25, 0.3) is 0 Å². The first kappa shape index (κ1) is 23.0. The lowest BCUT2D eigenvalue weighted by Crippen LogP contribution is -2.39. The fourth-order valence-corrected chi connectivity index (χ4v) is 4.67. The molecule has 4 nitrogen and oxygen atoms in total. The lowest BCUT2D eigenvalue weighted by atomic mass is 9.80. The van der Waals surface area contributed by atoms with Crippen LogP contribution < -0.4 is 0 Å². The van der Waals surface area contributed by atoms with Crippen molar-refractivity contribution in [1.82, 2.24) is 0 Å². The third-order valence-electron chi connectivity index (χ3n) is 6.42. The van der Waals surface area contributed by atoms with E-state index in [2.05, 4.69) is 36.4 Å². The first-order chi connectivity index (χ1) is 17.3. The summed E-state index contributed by atoms with van der Waals surface area (Å²) in [6, 6.07) is 39.7. The maximum atomic E-state index is 12.7. The lowest BCUT2D eigenvalue weighted by molar-refractivity contribution is -0.0742. The highest BCUT2D eigenvalue weighted by Crippen LogP contribution is 2.41. The molecule has 0 spiro atoms. The standard InChI is InChI=1S/C31H28O4/c32-30(24-13-5-1-6-14-24)35-28-21-22-33-29(28)23-34-31(25-15-7-2-8-16-25,26-17-9-3-10-18-26)27-19-11-4-12-20-27/h1-20,28-29H,21-23H2. The molecular weight excluding hydrogens is 436 g/mol. The van der Waals surface area contributed by atoms with Crippen LogP contribution in [0.2, 0.25) is 0 Å². The highest BCUT2D eigenvalue weighted by atomic mass is 16.6. The Morgan fingerprint density at radius 3 is 1.66 bits per heavy atom. The summed E-state index contributed by atoms with van der Waals surface area (Å²) in [7, 11) is 0. The third-order valence-corrected chi connectivity index (χ3v) is 6.42. The van der Waals surface area contributed by atoms with E-state index in [1.807, 2.05) is 72.8 Å². The van der Waals surface area contributed by atoms with Gasteiger partial charge in [-0.15, -0.1) is 0 Å². The molecule has 4 aromatic rings. The zero-order valence-corrected chi connectivity index (χ0v) is 19.5. The fourth-order valence-electron chi connectivity index (χ4n) is 4.67. The topological polar surface area (TPSA) is 44.8 Å². The average molecular weight is 465 g/mol.